The minimum absolute atomic E-state index is 0.0185. The highest BCUT2D eigenvalue weighted by Gasteiger charge is 2.67. The summed E-state index contributed by atoms with van der Waals surface area (Å²) in [4.78, 5) is 37.4. The summed E-state index contributed by atoms with van der Waals surface area (Å²) in [5.41, 5.74) is -1.42. The lowest BCUT2D eigenvalue weighted by atomic mass is 10.0. The molecule has 0 spiro atoms. The molecule has 0 aliphatic heterocycles. The zero-order valence-corrected chi connectivity index (χ0v) is 24.2. The minimum atomic E-state index is -4.73. The number of nitrogens with one attached hydrogen (secondary N) is 3. The summed E-state index contributed by atoms with van der Waals surface area (Å²) in [6.07, 6.45) is -4.73. The number of rotatable bonds is 6. The van der Waals surface area contributed by atoms with Gasteiger partial charge in [-0.1, -0.05) is 40.9 Å². The molecule has 0 saturated heterocycles. The number of carbonyl (C=O) groups is 3. The second-order valence-corrected chi connectivity index (χ2v) is 11.6. The molecule has 1 saturated carbocycles. The van der Waals surface area contributed by atoms with Crippen LogP contribution in [0.5, 0.6) is 0 Å². The number of hydrogen-bond acceptors (Lipinski definition) is 3. The maximum atomic E-state index is 14.1. The molecule has 1 fully saturated rings. The van der Waals surface area contributed by atoms with Gasteiger partial charge >= 0.3 is 6.18 Å². The number of benzene rings is 3. The van der Waals surface area contributed by atoms with Crippen LogP contribution < -0.4 is 16.0 Å². The van der Waals surface area contributed by atoms with Gasteiger partial charge in [-0.25, -0.2) is 4.39 Å². The van der Waals surface area contributed by atoms with E-state index in [0.717, 1.165) is 25.1 Å². The molecule has 6 nitrogen and oxygen atoms in total. The quantitative estimate of drug-likeness (QED) is 0.181. The van der Waals surface area contributed by atoms with Gasteiger partial charge in [0.25, 0.3) is 5.91 Å². The summed E-state index contributed by atoms with van der Waals surface area (Å²) in [5.74, 6) is -5.04. The molecule has 0 aromatic heterocycles. The van der Waals surface area contributed by atoms with Gasteiger partial charge in [-0.3, -0.25) is 14.4 Å². The molecule has 216 valence electrons. The van der Waals surface area contributed by atoms with Crippen molar-refractivity contribution in [3.05, 3.63) is 86.1 Å². The minimum Gasteiger partial charge on any atom is -0.326 e. The first-order valence-corrected chi connectivity index (χ1v) is 13.3. The van der Waals surface area contributed by atoms with Crippen LogP contribution in [-0.2, 0) is 15.8 Å². The standard InChI is InChI=1S/C26H16Cl5F4N3O3/c1-10(39)36-22-17(32)6-7-18(21(22)29)38-23(40)13-9-12(3-5-15(13)27)37-24(41)20-19(25(20,30)31)11-2-4-16(28)14(8-11)26(33,34)35/h2-9,19-20H,1H3,(H,36,39)(H,37,41)(H,38,40)/t19-,20?/m0/s1. The molecule has 1 aliphatic rings. The molecule has 3 amide bonds. The third-order valence-corrected chi connectivity index (χ3v) is 8.10. The summed E-state index contributed by atoms with van der Waals surface area (Å²) < 4.78 is 52.3. The van der Waals surface area contributed by atoms with E-state index in [-0.39, 0.29) is 38.2 Å². The number of hydrogen-bond donors (Lipinski definition) is 3. The molecule has 3 N–H and O–H groups in total. The fourth-order valence-electron chi connectivity index (χ4n) is 4.15. The Balaban J connectivity index is 1.53. The van der Waals surface area contributed by atoms with E-state index in [4.69, 9.17) is 58.0 Å². The van der Waals surface area contributed by atoms with E-state index in [1.165, 1.54) is 30.3 Å². The first-order valence-electron chi connectivity index (χ1n) is 11.4. The van der Waals surface area contributed by atoms with Crippen LogP contribution >= 0.6 is 58.0 Å². The molecule has 0 radical (unpaired) electrons. The Hall–Kier alpha value is -2.76. The predicted molar refractivity (Wildman–Crippen MR) is 151 cm³/mol. The van der Waals surface area contributed by atoms with E-state index in [0.29, 0.717) is 0 Å². The lowest BCUT2D eigenvalue weighted by Gasteiger charge is -2.14. The lowest BCUT2D eigenvalue weighted by molar-refractivity contribution is -0.137. The van der Waals surface area contributed by atoms with E-state index in [1.807, 2.05) is 0 Å². The van der Waals surface area contributed by atoms with Gasteiger partial charge in [-0.15, -0.1) is 23.2 Å². The van der Waals surface area contributed by atoms with E-state index in [2.05, 4.69) is 16.0 Å². The summed E-state index contributed by atoms with van der Waals surface area (Å²) >= 11 is 30.6. The lowest BCUT2D eigenvalue weighted by Crippen LogP contribution is -2.18. The van der Waals surface area contributed by atoms with Crippen LogP contribution in [0.4, 0.5) is 34.6 Å². The van der Waals surface area contributed by atoms with E-state index >= 15 is 0 Å². The van der Waals surface area contributed by atoms with Gasteiger partial charge in [0.2, 0.25) is 11.8 Å². The highest BCUT2D eigenvalue weighted by molar-refractivity contribution is 6.53. The predicted octanol–water partition coefficient (Wildman–Crippen LogP) is 8.54. The van der Waals surface area contributed by atoms with E-state index in [1.54, 1.807) is 0 Å². The number of anilines is 3. The van der Waals surface area contributed by atoms with Gasteiger partial charge in [0.15, 0.2) is 0 Å². The fraction of sp³-hybridized carbons (Fsp3) is 0.192. The van der Waals surface area contributed by atoms with Crippen molar-refractivity contribution >= 4 is 92.8 Å². The summed E-state index contributed by atoms with van der Waals surface area (Å²) in [5, 5.41) is 6.42. The Morgan fingerprint density at radius 2 is 1.54 bits per heavy atom. The van der Waals surface area contributed by atoms with Crippen molar-refractivity contribution in [3.63, 3.8) is 0 Å². The van der Waals surface area contributed by atoms with Crippen molar-refractivity contribution in [1.29, 1.82) is 0 Å². The van der Waals surface area contributed by atoms with E-state index < -0.39 is 56.5 Å². The molecule has 3 aromatic rings. The third kappa shape index (κ3) is 6.52. The Kier molecular flexibility index (Phi) is 8.74. The zero-order chi connectivity index (χ0) is 30.4. The van der Waals surface area contributed by atoms with Crippen LogP contribution in [0.1, 0.15) is 34.3 Å². The number of halogens is 9. The maximum absolute atomic E-state index is 14.1. The molecular formula is C26H16Cl5F4N3O3. The SMILES string of the molecule is CC(=O)Nc1c(F)ccc(NC(=O)c2cc(NC(=O)C3[C@H](c4ccc(Cl)c(C(F)(F)F)c4)C3(Cl)Cl)ccc2Cl)c1Cl. The van der Waals surface area contributed by atoms with Crippen molar-refractivity contribution in [3.8, 4) is 0 Å². The summed E-state index contributed by atoms with van der Waals surface area (Å²) in [6, 6.07) is 9.23. The van der Waals surface area contributed by atoms with Crippen LogP contribution in [0, 0.1) is 11.7 Å². The topological polar surface area (TPSA) is 87.3 Å². The molecule has 15 heteroatoms. The fourth-order valence-corrected chi connectivity index (χ4v) is 5.65. The Bertz CT molecular complexity index is 1580. The van der Waals surface area contributed by atoms with Gasteiger partial charge in [0, 0.05) is 18.5 Å². The molecule has 1 aliphatic carbocycles. The van der Waals surface area contributed by atoms with Gasteiger partial charge in [-0.05, 0) is 48.0 Å². The van der Waals surface area contributed by atoms with Gasteiger partial charge in [0.05, 0.1) is 43.5 Å². The van der Waals surface area contributed by atoms with Crippen molar-refractivity contribution < 1.29 is 31.9 Å². The molecular weight excluding hydrogens is 656 g/mol. The van der Waals surface area contributed by atoms with Crippen molar-refractivity contribution in [1.82, 2.24) is 0 Å². The van der Waals surface area contributed by atoms with Crippen molar-refractivity contribution in [2.45, 2.75) is 23.4 Å². The average Bonchev–Trinajstić information content (AvgIpc) is 3.45. The van der Waals surface area contributed by atoms with Crippen LogP contribution in [0.2, 0.25) is 15.1 Å². The Morgan fingerprint density at radius 1 is 0.878 bits per heavy atom. The third-order valence-electron chi connectivity index (χ3n) is 6.11. The molecule has 4 rings (SSSR count). The number of carbonyl (C=O) groups excluding carboxylic acids is 3. The second-order valence-electron chi connectivity index (χ2n) is 8.97. The highest BCUT2D eigenvalue weighted by Crippen LogP contribution is 2.65. The van der Waals surface area contributed by atoms with Crippen molar-refractivity contribution in [2.24, 2.45) is 5.92 Å². The molecule has 2 atom stereocenters. The van der Waals surface area contributed by atoms with Crippen LogP contribution in [-0.4, -0.2) is 22.1 Å². The van der Waals surface area contributed by atoms with E-state index in [9.17, 15) is 31.9 Å². The zero-order valence-electron chi connectivity index (χ0n) is 20.4. The first kappa shape index (κ1) is 31.2. The number of alkyl halides is 5. The van der Waals surface area contributed by atoms with Crippen LogP contribution in [0.25, 0.3) is 0 Å². The van der Waals surface area contributed by atoms with Gasteiger partial charge in [-0.2, -0.15) is 13.2 Å². The highest BCUT2D eigenvalue weighted by atomic mass is 35.5. The monoisotopic (exact) mass is 669 g/mol. The molecule has 0 heterocycles. The second kappa shape index (κ2) is 11.5. The Labute approximate surface area is 255 Å². The number of amides is 3. The van der Waals surface area contributed by atoms with Crippen LogP contribution in [0.15, 0.2) is 48.5 Å². The normalized spacial score (nSPS) is 17.5. The van der Waals surface area contributed by atoms with Gasteiger partial charge < -0.3 is 16.0 Å². The molecule has 3 aromatic carbocycles. The van der Waals surface area contributed by atoms with Gasteiger partial charge in [0.1, 0.15) is 10.2 Å². The summed E-state index contributed by atoms with van der Waals surface area (Å²) in [7, 11) is 0. The maximum Gasteiger partial charge on any atom is 0.417 e. The molecule has 1 unspecified atom stereocenters. The average molecular weight is 672 g/mol. The smallest absolute Gasteiger partial charge is 0.326 e. The Morgan fingerprint density at radius 3 is 2.17 bits per heavy atom. The first-order chi connectivity index (χ1) is 19.0. The molecule has 41 heavy (non-hydrogen) atoms. The summed E-state index contributed by atoms with van der Waals surface area (Å²) in [6.45, 7) is 1.15. The molecule has 0 bridgehead atoms. The van der Waals surface area contributed by atoms with Crippen LogP contribution in [0.3, 0.4) is 0 Å². The largest absolute Gasteiger partial charge is 0.417 e. The van der Waals surface area contributed by atoms with Crippen molar-refractivity contribution in [2.75, 3.05) is 16.0 Å².